The smallest absolute Gasteiger partial charge is 0.317 e. The zero-order valence-electron chi connectivity index (χ0n) is 10.4. The van der Waals surface area contributed by atoms with E-state index in [0.29, 0.717) is 13.2 Å². The molecule has 4 heteroatoms. The molecular formula is C11H23NO3. The summed E-state index contributed by atoms with van der Waals surface area (Å²) in [5.41, 5.74) is -0.140. The van der Waals surface area contributed by atoms with Gasteiger partial charge in [0.25, 0.3) is 0 Å². The molecule has 1 N–H and O–H groups in total. The quantitative estimate of drug-likeness (QED) is 0.734. The predicted molar refractivity (Wildman–Crippen MR) is 60.0 cm³/mol. The Hall–Kier alpha value is -0.610. The molecule has 0 aliphatic carbocycles. The summed E-state index contributed by atoms with van der Waals surface area (Å²) in [7, 11) is 0. The van der Waals surface area contributed by atoms with Gasteiger partial charge < -0.3 is 9.84 Å². The normalized spacial score (nSPS) is 12.5. The van der Waals surface area contributed by atoms with Gasteiger partial charge in [-0.2, -0.15) is 0 Å². The molecule has 0 aromatic carbocycles. The third-order valence-corrected chi connectivity index (χ3v) is 2.09. The summed E-state index contributed by atoms with van der Waals surface area (Å²) in [6, 6.07) is 0. The first-order chi connectivity index (χ1) is 6.73. The Balaban J connectivity index is 4.09. The van der Waals surface area contributed by atoms with Crippen LogP contribution in [-0.4, -0.2) is 47.3 Å². The summed E-state index contributed by atoms with van der Waals surface area (Å²) in [5, 5.41) is 8.77. The first-order valence-corrected chi connectivity index (χ1v) is 5.32. The fourth-order valence-corrected chi connectivity index (χ4v) is 1.21. The van der Waals surface area contributed by atoms with Crippen LogP contribution in [0.25, 0.3) is 0 Å². The molecule has 0 aliphatic heterocycles. The number of aliphatic carboxylic acids is 1. The van der Waals surface area contributed by atoms with Gasteiger partial charge in [0.2, 0.25) is 0 Å². The Morgan fingerprint density at radius 1 is 1.40 bits per heavy atom. The number of rotatable bonds is 6. The van der Waals surface area contributed by atoms with Crippen LogP contribution < -0.4 is 0 Å². The zero-order valence-corrected chi connectivity index (χ0v) is 10.4. The number of carbonyl (C=O) groups is 1. The SMILES string of the molecule is CC(C)OCCN(CC(=O)O)C(C)(C)C. The molecule has 0 spiro atoms. The molecule has 0 fully saturated rings. The molecule has 0 unspecified atom stereocenters. The van der Waals surface area contributed by atoms with Gasteiger partial charge in [-0.15, -0.1) is 0 Å². The molecule has 0 heterocycles. The van der Waals surface area contributed by atoms with Crippen LogP contribution in [0.3, 0.4) is 0 Å². The Morgan fingerprint density at radius 2 is 1.93 bits per heavy atom. The van der Waals surface area contributed by atoms with Gasteiger partial charge in [0, 0.05) is 12.1 Å². The number of hydrogen-bond donors (Lipinski definition) is 1. The van der Waals surface area contributed by atoms with Crippen molar-refractivity contribution in [1.82, 2.24) is 4.90 Å². The minimum atomic E-state index is -0.797. The predicted octanol–water partition coefficient (Wildman–Crippen LogP) is 1.60. The van der Waals surface area contributed by atoms with Crippen LogP contribution in [0.15, 0.2) is 0 Å². The lowest BCUT2D eigenvalue weighted by molar-refractivity contribution is -0.140. The summed E-state index contributed by atoms with van der Waals surface area (Å²) in [6.07, 6.45) is 0.191. The third-order valence-electron chi connectivity index (χ3n) is 2.09. The van der Waals surface area contributed by atoms with Crippen molar-refractivity contribution in [2.45, 2.75) is 46.3 Å². The lowest BCUT2D eigenvalue weighted by Crippen LogP contribution is -2.46. The topological polar surface area (TPSA) is 49.8 Å². The monoisotopic (exact) mass is 217 g/mol. The van der Waals surface area contributed by atoms with E-state index in [4.69, 9.17) is 9.84 Å². The Labute approximate surface area is 92.2 Å². The molecule has 0 saturated carbocycles. The molecule has 0 aliphatic rings. The first-order valence-electron chi connectivity index (χ1n) is 5.32. The van der Waals surface area contributed by atoms with E-state index >= 15 is 0 Å². The maximum absolute atomic E-state index is 10.7. The van der Waals surface area contributed by atoms with Crippen LogP contribution in [-0.2, 0) is 9.53 Å². The molecular weight excluding hydrogens is 194 g/mol. The van der Waals surface area contributed by atoms with Crippen molar-refractivity contribution in [3.05, 3.63) is 0 Å². The van der Waals surface area contributed by atoms with Gasteiger partial charge in [-0.3, -0.25) is 9.69 Å². The highest BCUT2D eigenvalue weighted by atomic mass is 16.5. The van der Waals surface area contributed by atoms with Crippen molar-refractivity contribution in [3.8, 4) is 0 Å². The number of ether oxygens (including phenoxy) is 1. The van der Waals surface area contributed by atoms with Crippen LogP contribution in [0.2, 0.25) is 0 Å². The van der Waals surface area contributed by atoms with Crippen molar-refractivity contribution in [2.24, 2.45) is 0 Å². The van der Waals surface area contributed by atoms with Gasteiger partial charge in [0.1, 0.15) is 0 Å². The number of carboxylic acid groups (broad SMARTS) is 1. The largest absolute Gasteiger partial charge is 0.480 e. The van der Waals surface area contributed by atoms with Gasteiger partial charge in [-0.1, -0.05) is 0 Å². The average molecular weight is 217 g/mol. The van der Waals surface area contributed by atoms with Crippen LogP contribution in [0.4, 0.5) is 0 Å². The first kappa shape index (κ1) is 14.4. The van der Waals surface area contributed by atoms with Crippen molar-refractivity contribution >= 4 is 5.97 Å². The highest BCUT2D eigenvalue weighted by Gasteiger charge is 2.22. The van der Waals surface area contributed by atoms with Gasteiger partial charge in [-0.25, -0.2) is 0 Å². The lowest BCUT2D eigenvalue weighted by Gasteiger charge is -2.34. The fraction of sp³-hybridized carbons (Fsp3) is 0.909. The molecule has 90 valence electrons. The van der Waals surface area contributed by atoms with E-state index in [0.717, 1.165) is 0 Å². The van der Waals surface area contributed by atoms with E-state index in [2.05, 4.69) is 0 Å². The molecule has 0 amide bonds. The van der Waals surface area contributed by atoms with E-state index < -0.39 is 5.97 Å². The number of carboxylic acids is 1. The Bertz CT molecular complexity index is 196. The van der Waals surface area contributed by atoms with Crippen LogP contribution in [0.1, 0.15) is 34.6 Å². The molecule has 4 nitrogen and oxygen atoms in total. The van der Waals surface area contributed by atoms with E-state index in [-0.39, 0.29) is 18.2 Å². The average Bonchev–Trinajstić information content (AvgIpc) is 1.99. The van der Waals surface area contributed by atoms with E-state index in [9.17, 15) is 4.79 Å². The summed E-state index contributed by atoms with van der Waals surface area (Å²) >= 11 is 0. The Kier molecular flexibility index (Phi) is 5.83. The van der Waals surface area contributed by atoms with Gasteiger partial charge in [0.15, 0.2) is 0 Å². The third kappa shape index (κ3) is 7.33. The van der Waals surface area contributed by atoms with Gasteiger partial charge in [-0.05, 0) is 34.6 Å². The number of nitrogens with zero attached hydrogens (tertiary/aromatic N) is 1. The number of hydrogen-bond acceptors (Lipinski definition) is 3. The maximum Gasteiger partial charge on any atom is 0.317 e. The highest BCUT2D eigenvalue weighted by Crippen LogP contribution is 2.12. The maximum atomic E-state index is 10.7. The summed E-state index contributed by atoms with van der Waals surface area (Å²) in [4.78, 5) is 12.6. The second-order valence-corrected chi connectivity index (χ2v) is 4.91. The van der Waals surface area contributed by atoms with Crippen molar-refractivity contribution in [3.63, 3.8) is 0 Å². The van der Waals surface area contributed by atoms with Crippen molar-refractivity contribution in [1.29, 1.82) is 0 Å². The zero-order chi connectivity index (χ0) is 12.1. The molecule has 15 heavy (non-hydrogen) atoms. The van der Waals surface area contributed by atoms with Crippen LogP contribution >= 0.6 is 0 Å². The van der Waals surface area contributed by atoms with Crippen molar-refractivity contribution in [2.75, 3.05) is 19.7 Å². The molecule has 0 bridgehead atoms. The Morgan fingerprint density at radius 3 is 2.27 bits per heavy atom. The molecule has 0 aromatic rings. The molecule has 0 radical (unpaired) electrons. The van der Waals surface area contributed by atoms with E-state index in [1.807, 2.05) is 39.5 Å². The summed E-state index contributed by atoms with van der Waals surface area (Å²) in [5.74, 6) is -0.797. The van der Waals surface area contributed by atoms with Gasteiger partial charge in [0.05, 0.1) is 19.3 Å². The van der Waals surface area contributed by atoms with Gasteiger partial charge >= 0.3 is 5.97 Å². The van der Waals surface area contributed by atoms with E-state index in [1.165, 1.54) is 0 Å². The second-order valence-electron chi connectivity index (χ2n) is 4.91. The molecule has 0 atom stereocenters. The summed E-state index contributed by atoms with van der Waals surface area (Å²) in [6.45, 7) is 11.2. The molecule has 0 saturated heterocycles. The minimum Gasteiger partial charge on any atom is -0.480 e. The molecule has 0 aromatic heterocycles. The lowest BCUT2D eigenvalue weighted by atomic mass is 10.1. The van der Waals surface area contributed by atoms with E-state index in [1.54, 1.807) is 0 Å². The fourth-order valence-electron chi connectivity index (χ4n) is 1.21. The molecule has 0 rings (SSSR count). The van der Waals surface area contributed by atoms with Crippen molar-refractivity contribution < 1.29 is 14.6 Å². The minimum absolute atomic E-state index is 0.0605. The second kappa shape index (κ2) is 6.08. The summed E-state index contributed by atoms with van der Waals surface area (Å²) < 4.78 is 5.41. The van der Waals surface area contributed by atoms with Crippen LogP contribution in [0, 0.1) is 0 Å². The van der Waals surface area contributed by atoms with Crippen LogP contribution in [0.5, 0.6) is 0 Å². The standard InChI is InChI=1S/C11H23NO3/c1-9(2)15-7-6-12(8-10(13)14)11(3,4)5/h9H,6-8H2,1-5H3,(H,13,14). The highest BCUT2D eigenvalue weighted by molar-refractivity contribution is 5.69.